The van der Waals surface area contributed by atoms with Gasteiger partial charge in [-0.25, -0.2) is 9.59 Å². The van der Waals surface area contributed by atoms with Gasteiger partial charge in [-0.15, -0.1) is 0 Å². The predicted octanol–water partition coefficient (Wildman–Crippen LogP) is 5.30. The molecule has 288 valence electrons. The summed E-state index contributed by atoms with van der Waals surface area (Å²) in [5.41, 5.74) is 3.39. The number of hydrogen-bond acceptors (Lipinski definition) is 8. The third-order valence-corrected chi connectivity index (χ3v) is 10.3. The smallest absolute Gasteiger partial charge is 0.407 e. The van der Waals surface area contributed by atoms with Crippen molar-refractivity contribution in [2.45, 2.75) is 84.0 Å². The molecule has 4 atom stereocenters. The quantitative estimate of drug-likeness (QED) is 0.225. The number of hydrogen-bond donors (Lipinski definition) is 3. The van der Waals surface area contributed by atoms with Crippen LogP contribution < -0.4 is 16.0 Å². The molecule has 2 aliphatic heterocycles. The number of fused-ring (bicyclic) bond motifs is 1. The van der Waals surface area contributed by atoms with Gasteiger partial charge in [0.1, 0.15) is 18.1 Å². The van der Waals surface area contributed by atoms with E-state index in [2.05, 4.69) is 22.0 Å². The van der Waals surface area contributed by atoms with Gasteiger partial charge < -0.3 is 35.2 Å². The number of carbonyl (C=O) groups is 6. The molecule has 2 aliphatic rings. The molecule has 0 aliphatic carbocycles. The van der Waals surface area contributed by atoms with E-state index in [4.69, 9.17) is 9.47 Å². The average molecular weight is 742 g/mol. The van der Waals surface area contributed by atoms with Crippen molar-refractivity contribution in [3.05, 3.63) is 66.2 Å². The van der Waals surface area contributed by atoms with Crippen LogP contribution in [0.4, 0.5) is 15.3 Å². The first-order valence-electron chi connectivity index (χ1n) is 18.6. The summed E-state index contributed by atoms with van der Waals surface area (Å²) in [5, 5.41) is 10.2. The Balaban J connectivity index is 1.21. The molecule has 0 spiro atoms. The average Bonchev–Trinajstić information content (AvgIpc) is 3.86. The number of ether oxygens (including phenoxy) is 2. The Labute approximate surface area is 316 Å². The van der Waals surface area contributed by atoms with Crippen LogP contribution in [0.1, 0.15) is 58.9 Å². The number of benzene rings is 3. The van der Waals surface area contributed by atoms with Crippen LogP contribution in [0.3, 0.4) is 0 Å². The minimum Gasteiger partial charge on any atom is -0.453 e. The van der Waals surface area contributed by atoms with E-state index in [0.29, 0.717) is 38.0 Å². The Morgan fingerprint density at radius 3 is 1.72 bits per heavy atom. The molecule has 0 bridgehead atoms. The molecule has 5 rings (SSSR count). The maximum atomic E-state index is 13.5. The topological polar surface area (TPSA) is 163 Å². The monoisotopic (exact) mass is 741 g/mol. The lowest BCUT2D eigenvalue weighted by atomic mass is 9.96. The van der Waals surface area contributed by atoms with Gasteiger partial charge in [-0.1, -0.05) is 70.2 Å². The molecule has 13 heteroatoms. The first-order chi connectivity index (χ1) is 25.8. The zero-order chi connectivity index (χ0) is 39.1. The Morgan fingerprint density at radius 1 is 0.667 bits per heavy atom. The van der Waals surface area contributed by atoms with Gasteiger partial charge in [-0.3, -0.25) is 19.2 Å². The Kier molecular flexibility index (Phi) is 12.9. The van der Waals surface area contributed by atoms with E-state index in [1.165, 1.54) is 14.2 Å². The fourth-order valence-electron chi connectivity index (χ4n) is 7.30. The molecule has 2 heterocycles. The van der Waals surface area contributed by atoms with Crippen molar-refractivity contribution < 1.29 is 38.2 Å². The lowest BCUT2D eigenvalue weighted by molar-refractivity contribution is -0.139. The number of likely N-dealkylation sites (tertiary alicyclic amines) is 2. The minimum atomic E-state index is -0.803. The number of ketones is 1. The molecular weight excluding hydrogens is 690 g/mol. The van der Waals surface area contributed by atoms with Crippen molar-refractivity contribution in [3.63, 3.8) is 0 Å². The van der Waals surface area contributed by atoms with Crippen molar-refractivity contribution in [2.75, 3.05) is 32.6 Å². The van der Waals surface area contributed by atoms with Crippen LogP contribution in [-0.4, -0.2) is 97.0 Å². The molecular formula is C41H51N5O8. The summed E-state index contributed by atoms with van der Waals surface area (Å²) in [5.74, 6) is -1.26. The zero-order valence-corrected chi connectivity index (χ0v) is 31.8. The Bertz CT molecular complexity index is 1880. The van der Waals surface area contributed by atoms with Gasteiger partial charge in [0, 0.05) is 25.2 Å². The molecule has 3 aromatic carbocycles. The first-order valence-corrected chi connectivity index (χ1v) is 18.6. The number of nitrogens with zero attached hydrogens (tertiary/aromatic N) is 2. The summed E-state index contributed by atoms with van der Waals surface area (Å²) in [7, 11) is 2.49. The first kappa shape index (κ1) is 39.7. The molecule has 2 fully saturated rings. The molecule has 0 saturated carbocycles. The highest BCUT2D eigenvalue weighted by molar-refractivity contribution is 5.99. The van der Waals surface area contributed by atoms with Crippen molar-refractivity contribution >= 4 is 52.2 Å². The second kappa shape index (κ2) is 17.6. The van der Waals surface area contributed by atoms with Crippen LogP contribution in [0.15, 0.2) is 60.7 Å². The maximum absolute atomic E-state index is 13.5. The minimum absolute atomic E-state index is 0.0351. The molecule has 5 amide bonds. The van der Waals surface area contributed by atoms with Crippen LogP contribution in [0.25, 0.3) is 21.9 Å². The number of anilines is 1. The second-order valence-electron chi connectivity index (χ2n) is 14.7. The number of methoxy groups -OCH3 is 2. The molecule has 0 aromatic heterocycles. The largest absolute Gasteiger partial charge is 0.453 e. The number of Topliss-reactive ketones (excluding diaryl/α,β-unsaturated/α-hetero) is 1. The van der Waals surface area contributed by atoms with Crippen LogP contribution in [0.5, 0.6) is 0 Å². The predicted molar refractivity (Wildman–Crippen MR) is 205 cm³/mol. The van der Waals surface area contributed by atoms with Crippen molar-refractivity contribution in [1.82, 2.24) is 20.4 Å². The zero-order valence-electron chi connectivity index (χ0n) is 31.8. The Morgan fingerprint density at radius 2 is 1.17 bits per heavy atom. The maximum Gasteiger partial charge on any atom is 0.407 e. The third-order valence-electron chi connectivity index (χ3n) is 10.3. The van der Waals surface area contributed by atoms with E-state index in [1.54, 1.807) is 9.80 Å². The molecule has 13 nitrogen and oxygen atoms in total. The van der Waals surface area contributed by atoms with Gasteiger partial charge in [0.15, 0.2) is 5.78 Å². The third kappa shape index (κ3) is 9.18. The van der Waals surface area contributed by atoms with Gasteiger partial charge in [0.25, 0.3) is 0 Å². The highest BCUT2D eigenvalue weighted by Crippen LogP contribution is 2.29. The van der Waals surface area contributed by atoms with E-state index in [9.17, 15) is 28.8 Å². The molecule has 0 unspecified atom stereocenters. The van der Waals surface area contributed by atoms with Crippen LogP contribution in [-0.2, 0) is 35.1 Å². The van der Waals surface area contributed by atoms with Crippen molar-refractivity contribution in [3.8, 4) is 11.1 Å². The molecule has 0 radical (unpaired) electrons. The van der Waals surface area contributed by atoms with E-state index < -0.39 is 36.4 Å². The van der Waals surface area contributed by atoms with E-state index in [1.807, 2.05) is 82.3 Å². The summed E-state index contributed by atoms with van der Waals surface area (Å²) in [6.07, 6.45) is 1.32. The second-order valence-corrected chi connectivity index (χ2v) is 14.7. The molecule has 3 N–H and O–H groups in total. The van der Waals surface area contributed by atoms with E-state index in [0.717, 1.165) is 33.9 Å². The number of amides is 5. The molecule has 3 aromatic rings. The number of nitrogens with one attached hydrogen (secondary N) is 3. The van der Waals surface area contributed by atoms with Gasteiger partial charge in [0.05, 0.1) is 20.3 Å². The summed E-state index contributed by atoms with van der Waals surface area (Å²) in [4.78, 5) is 80.5. The van der Waals surface area contributed by atoms with E-state index >= 15 is 0 Å². The van der Waals surface area contributed by atoms with Crippen LogP contribution in [0, 0.1) is 11.8 Å². The standard InChI is InChI=1S/C41H51N5O8/c1-24(2)35(43-40(51)53-5)38(49)45-19-7-9-32(45)34(47)22-26-11-12-30-23-29(14-13-28(30)21-26)27-15-17-31(18-16-27)42-37(48)33-10-8-20-46(33)39(50)36(25(3)4)44-41(52)54-6/h11-18,21,23-25,32-33,35-36H,7-10,19-20,22H2,1-6H3,(H,42,48)(H,43,51)(H,44,52)/t32-,33-,35-,36-/m0/s1. The van der Waals surface area contributed by atoms with E-state index in [-0.39, 0.29) is 41.8 Å². The molecule has 54 heavy (non-hydrogen) atoms. The van der Waals surface area contributed by atoms with Crippen LogP contribution in [0.2, 0.25) is 0 Å². The fraction of sp³-hybridized carbons (Fsp3) is 0.463. The lowest BCUT2D eigenvalue weighted by Crippen LogP contribution is -2.54. The van der Waals surface area contributed by atoms with Gasteiger partial charge in [-0.2, -0.15) is 0 Å². The number of carbonyl (C=O) groups excluding carboxylic acids is 6. The van der Waals surface area contributed by atoms with Crippen molar-refractivity contribution in [2.24, 2.45) is 11.8 Å². The highest BCUT2D eigenvalue weighted by atomic mass is 16.5. The normalized spacial score (nSPS) is 18.0. The van der Waals surface area contributed by atoms with Gasteiger partial charge >= 0.3 is 12.2 Å². The highest BCUT2D eigenvalue weighted by Gasteiger charge is 2.40. The number of rotatable bonds is 12. The summed E-state index contributed by atoms with van der Waals surface area (Å²) in [6.45, 7) is 8.24. The molecule has 2 saturated heterocycles. The summed E-state index contributed by atoms with van der Waals surface area (Å²) < 4.78 is 9.39. The Hall–Kier alpha value is -5.46. The lowest BCUT2D eigenvalue weighted by Gasteiger charge is -2.30. The summed E-state index contributed by atoms with van der Waals surface area (Å²) >= 11 is 0. The van der Waals surface area contributed by atoms with Crippen LogP contribution >= 0.6 is 0 Å². The summed E-state index contributed by atoms with van der Waals surface area (Å²) in [6, 6.07) is 16.7. The fourth-order valence-corrected chi connectivity index (χ4v) is 7.30. The SMILES string of the molecule is COC(=O)N[C@H](C(=O)N1CCC[C@H]1C(=O)Cc1ccc2cc(-c3ccc(NC(=O)[C@@H]4CCCN4C(=O)[C@@H](NC(=O)OC)C(C)C)cc3)ccc2c1)C(C)C. The van der Waals surface area contributed by atoms with Gasteiger partial charge in [-0.05, 0) is 83.2 Å². The van der Waals surface area contributed by atoms with Crippen molar-refractivity contribution in [1.29, 1.82) is 0 Å². The van der Waals surface area contributed by atoms with Gasteiger partial charge in [0.2, 0.25) is 17.7 Å². The number of alkyl carbamates (subject to hydrolysis) is 2.